The zero-order valence-corrected chi connectivity index (χ0v) is 20.4. The van der Waals surface area contributed by atoms with E-state index in [1.807, 2.05) is 25.3 Å². The monoisotopic (exact) mass is 472 g/mol. The Hall–Kier alpha value is -3.49. The van der Waals surface area contributed by atoms with Gasteiger partial charge < -0.3 is 24.6 Å². The highest BCUT2D eigenvalue weighted by Gasteiger charge is 2.18. The summed E-state index contributed by atoms with van der Waals surface area (Å²) in [7, 11) is 2.17. The molecule has 0 amide bonds. The number of benzene rings is 1. The Morgan fingerprint density at radius 1 is 1.00 bits per heavy atom. The van der Waals surface area contributed by atoms with Crippen molar-refractivity contribution in [2.75, 3.05) is 56.7 Å². The second kappa shape index (κ2) is 10.8. The van der Waals surface area contributed by atoms with Crippen molar-refractivity contribution in [1.82, 2.24) is 19.9 Å². The van der Waals surface area contributed by atoms with E-state index in [1.54, 1.807) is 6.20 Å². The summed E-state index contributed by atoms with van der Waals surface area (Å²) in [5.41, 5.74) is 6.12. The number of hydrogen-bond donors (Lipinski definition) is 1. The lowest BCUT2D eigenvalue weighted by Crippen LogP contribution is -2.44. The van der Waals surface area contributed by atoms with Crippen molar-refractivity contribution >= 4 is 17.3 Å². The number of pyridine rings is 1. The van der Waals surface area contributed by atoms with Gasteiger partial charge in [0.05, 0.1) is 25.5 Å². The summed E-state index contributed by atoms with van der Waals surface area (Å²) < 4.78 is 11.9. The number of hydrogen-bond acceptors (Lipinski definition) is 8. The topological polar surface area (TPSA) is 75.6 Å². The number of likely N-dealkylation sites (N-methyl/N-ethyl adjacent to an activating group) is 1. The molecule has 0 unspecified atom stereocenters. The molecule has 0 aliphatic carbocycles. The van der Waals surface area contributed by atoms with E-state index in [1.165, 1.54) is 5.69 Å². The highest BCUT2D eigenvalue weighted by atomic mass is 16.5. The second-order valence-electron chi connectivity index (χ2n) is 8.99. The highest BCUT2D eigenvalue weighted by Crippen LogP contribution is 2.29. The maximum absolute atomic E-state index is 6.03. The summed E-state index contributed by atoms with van der Waals surface area (Å²) in [5.74, 6) is 1.14. The van der Waals surface area contributed by atoms with Gasteiger partial charge in [0.1, 0.15) is 0 Å². The van der Waals surface area contributed by atoms with Crippen molar-refractivity contribution in [2.24, 2.45) is 0 Å². The standard InChI is InChI=1S/C27H32N6O2/c1-20-18-29-27-30-23-6-7-24(33-12-10-32(2)11-13-33)22(16-23)19-34-14-4-3-5-15-35-25-17-21(8-9-28-25)26(20)31-27/h3-4,6-9,16-18H,5,10-15,19H2,1-2H3,(H,29,30,31)/b4-3+. The summed E-state index contributed by atoms with van der Waals surface area (Å²) in [6, 6.07) is 10.3. The van der Waals surface area contributed by atoms with Gasteiger partial charge in [-0.1, -0.05) is 12.2 Å². The number of ether oxygens (including phenoxy) is 2. The molecule has 8 heteroatoms. The molecule has 6 bridgehead atoms. The Labute approximate surface area is 206 Å². The van der Waals surface area contributed by atoms with Crippen molar-refractivity contribution in [3.8, 4) is 17.1 Å². The van der Waals surface area contributed by atoms with Crippen molar-refractivity contribution in [2.45, 2.75) is 20.0 Å². The van der Waals surface area contributed by atoms with Crippen LogP contribution in [0.4, 0.5) is 17.3 Å². The van der Waals surface area contributed by atoms with Crippen LogP contribution in [0, 0.1) is 6.92 Å². The average molecular weight is 473 g/mol. The van der Waals surface area contributed by atoms with Gasteiger partial charge in [-0.3, -0.25) is 0 Å². The normalized spacial score (nSPS) is 18.1. The number of anilines is 3. The molecule has 5 rings (SSSR count). The number of nitrogens with one attached hydrogen (secondary N) is 1. The van der Waals surface area contributed by atoms with E-state index < -0.39 is 0 Å². The first-order valence-electron chi connectivity index (χ1n) is 12.1. The van der Waals surface area contributed by atoms with Crippen molar-refractivity contribution in [3.63, 3.8) is 0 Å². The average Bonchev–Trinajstić information content (AvgIpc) is 2.87. The number of aryl methyl sites for hydroxylation is 1. The van der Waals surface area contributed by atoms with Crippen molar-refractivity contribution in [1.29, 1.82) is 0 Å². The van der Waals surface area contributed by atoms with Gasteiger partial charge in [0.2, 0.25) is 11.8 Å². The molecule has 1 aromatic carbocycles. The summed E-state index contributed by atoms with van der Waals surface area (Å²) in [4.78, 5) is 18.5. The molecule has 0 radical (unpaired) electrons. The van der Waals surface area contributed by atoms with Crippen LogP contribution in [-0.2, 0) is 11.3 Å². The zero-order chi connectivity index (χ0) is 24.0. The lowest BCUT2D eigenvalue weighted by molar-refractivity contribution is 0.148. The smallest absolute Gasteiger partial charge is 0.227 e. The van der Waals surface area contributed by atoms with E-state index in [0.717, 1.165) is 60.7 Å². The molecule has 1 saturated heterocycles. The molecule has 2 aliphatic rings. The fourth-order valence-electron chi connectivity index (χ4n) is 4.35. The Morgan fingerprint density at radius 3 is 2.77 bits per heavy atom. The van der Waals surface area contributed by atoms with Crippen LogP contribution in [0.1, 0.15) is 17.5 Å². The molecule has 0 saturated carbocycles. The van der Waals surface area contributed by atoms with Gasteiger partial charge in [-0.2, -0.15) is 0 Å². The molecule has 0 atom stereocenters. The number of piperazine rings is 1. The summed E-state index contributed by atoms with van der Waals surface area (Å²) in [6.07, 6.45) is 8.53. The Morgan fingerprint density at radius 2 is 1.89 bits per heavy atom. The predicted octanol–water partition coefficient (Wildman–Crippen LogP) is 4.20. The molecule has 3 aromatic rings. The fraction of sp³-hybridized carbons (Fsp3) is 0.370. The third-order valence-electron chi connectivity index (χ3n) is 6.33. The number of nitrogens with zero attached hydrogens (tertiary/aromatic N) is 5. The van der Waals surface area contributed by atoms with Crippen LogP contribution in [0.3, 0.4) is 0 Å². The van der Waals surface area contributed by atoms with E-state index in [-0.39, 0.29) is 0 Å². The molecule has 0 spiro atoms. The summed E-state index contributed by atoms with van der Waals surface area (Å²) in [5, 5.41) is 3.39. The molecule has 4 heterocycles. The van der Waals surface area contributed by atoms with Crippen molar-refractivity contribution in [3.05, 3.63) is 66.0 Å². The van der Waals surface area contributed by atoms with Gasteiger partial charge in [-0.05, 0) is 50.2 Å². The minimum absolute atomic E-state index is 0.534. The minimum Gasteiger partial charge on any atom is -0.477 e. The van der Waals surface area contributed by atoms with Gasteiger partial charge in [0.15, 0.2) is 0 Å². The van der Waals surface area contributed by atoms with E-state index in [2.05, 4.69) is 62.5 Å². The number of fused-ring (bicyclic) bond motifs is 7. The highest BCUT2D eigenvalue weighted by molar-refractivity contribution is 5.67. The van der Waals surface area contributed by atoms with Crippen LogP contribution >= 0.6 is 0 Å². The quantitative estimate of drug-likeness (QED) is 0.528. The van der Waals surface area contributed by atoms with E-state index in [4.69, 9.17) is 14.5 Å². The third kappa shape index (κ3) is 5.78. The number of aromatic nitrogens is 3. The first-order valence-corrected chi connectivity index (χ1v) is 12.1. The molecule has 182 valence electrons. The molecule has 2 aliphatic heterocycles. The third-order valence-corrected chi connectivity index (χ3v) is 6.33. The number of rotatable bonds is 1. The maximum atomic E-state index is 6.03. The van der Waals surface area contributed by atoms with E-state index >= 15 is 0 Å². The van der Waals surface area contributed by atoms with Crippen LogP contribution in [0.2, 0.25) is 0 Å². The lowest BCUT2D eigenvalue weighted by atomic mass is 10.1. The van der Waals surface area contributed by atoms with Gasteiger partial charge in [-0.15, -0.1) is 0 Å². The molecule has 35 heavy (non-hydrogen) atoms. The Kier molecular flexibility index (Phi) is 7.20. The molecular weight excluding hydrogens is 440 g/mol. The molecule has 8 nitrogen and oxygen atoms in total. The first kappa shape index (κ1) is 23.3. The van der Waals surface area contributed by atoms with Gasteiger partial charge in [0.25, 0.3) is 0 Å². The SMILES string of the molecule is Cc1cnc2nc1-c1ccnc(c1)OCC/C=C/COCc1cc(ccc1N1CCN(C)CC1)N2. The first-order chi connectivity index (χ1) is 17.2. The van der Waals surface area contributed by atoms with Gasteiger partial charge >= 0.3 is 0 Å². The summed E-state index contributed by atoms with van der Waals surface area (Å²) >= 11 is 0. The minimum atomic E-state index is 0.534. The van der Waals surface area contributed by atoms with Crippen LogP contribution in [-0.4, -0.2) is 66.3 Å². The predicted molar refractivity (Wildman–Crippen MR) is 138 cm³/mol. The lowest BCUT2D eigenvalue weighted by Gasteiger charge is -2.35. The van der Waals surface area contributed by atoms with Gasteiger partial charge in [0, 0.05) is 67.1 Å². The fourth-order valence-corrected chi connectivity index (χ4v) is 4.35. The zero-order valence-electron chi connectivity index (χ0n) is 20.4. The maximum Gasteiger partial charge on any atom is 0.227 e. The van der Waals surface area contributed by atoms with Crippen molar-refractivity contribution < 1.29 is 9.47 Å². The molecular formula is C27H32N6O2. The van der Waals surface area contributed by atoms with Crippen LogP contribution in [0.15, 0.2) is 54.9 Å². The summed E-state index contributed by atoms with van der Waals surface area (Å²) in [6.45, 7) is 7.78. The van der Waals surface area contributed by atoms with E-state index in [9.17, 15) is 0 Å². The van der Waals surface area contributed by atoms with E-state index in [0.29, 0.717) is 31.6 Å². The second-order valence-corrected chi connectivity index (χ2v) is 8.99. The Bertz CT molecular complexity index is 1190. The molecule has 1 fully saturated rings. The molecule has 1 N–H and O–H groups in total. The molecule has 2 aromatic heterocycles. The van der Waals surface area contributed by atoms with Crippen LogP contribution < -0.4 is 15.0 Å². The van der Waals surface area contributed by atoms with Crippen LogP contribution in [0.5, 0.6) is 5.88 Å². The Balaban J connectivity index is 1.48. The largest absolute Gasteiger partial charge is 0.477 e. The van der Waals surface area contributed by atoms with Crippen LogP contribution in [0.25, 0.3) is 11.3 Å². The van der Waals surface area contributed by atoms with Gasteiger partial charge in [-0.25, -0.2) is 15.0 Å².